The number of halogens is 3. The van der Waals surface area contributed by atoms with E-state index in [0.29, 0.717) is 25.0 Å². The molecule has 1 atom stereocenters. The lowest BCUT2D eigenvalue weighted by Crippen LogP contribution is -2.41. The lowest BCUT2D eigenvalue weighted by molar-refractivity contribution is -0.0949. The zero-order valence-corrected chi connectivity index (χ0v) is 19.9. The second-order valence-electron chi connectivity index (χ2n) is 10.7. The summed E-state index contributed by atoms with van der Waals surface area (Å²) >= 11 is 0. The molecule has 1 fully saturated rings. The van der Waals surface area contributed by atoms with Gasteiger partial charge in [-0.2, -0.15) is 13.2 Å². The molecule has 0 aromatic rings. The molecule has 0 aromatic heterocycles. The van der Waals surface area contributed by atoms with Crippen LogP contribution in [-0.2, 0) is 14.0 Å². The van der Waals surface area contributed by atoms with Gasteiger partial charge in [0.05, 0.1) is 11.2 Å². The maximum absolute atomic E-state index is 13.5. The highest BCUT2D eigenvalue weighted by Gasteiger charge is 2.54. The number of carbonyl (C=O) groups excluding carboxylic acids is 1. The van der Waals surface area contributed by atoms with Crippen molar-refractivity contribution in [2.24, 2.45) is 5.92 Å². The second-order valence-corrected chi connectivity index (χ2v) is 10.7. The lowest BCUT2D eigenvalue weighted by atomic mass is 9.64. The largest absolute Gasteiger partial charge is 0.491 e. The number of hydrogen-bond acceptors (Lipinski definition) is 4. The van der Waals surface area contributed by atoms with Crippen LogP contribution in [0.1, 0.15) is 61.3 Å². The predicted octanol–water partition coefficient (Wildman–Crippen LogP) is 5.62. The van der Waals surface area contributed by atoms with E-state index >= 15 is 0 Å². The fraction of sp³-hybridized carbons (Fsp3) is 0.696. The summed E-state index contributed by atoms with van der Waals surface area (Å²) in [5.74, 6) is -0.493. The van der Waals surface area contributed by atoms with E-state index in [-0.39, 0.29) is 6.42 Å². The Kier molecular flexibility index (Phi) is 6.41. The Morgan fingerprint density at radius 1 is 1.12 bits per heavy atom. The van der Waals surface area contributed by atoms with E-state index in [2.05, 4.69) is 0 Å². The van der Waals surface area contributed by atoms with Gasteiger partial charge in [-0.1, -0.05) is 23.8 Å². The van der Waals surface area contributed by atoms with Crippen LogP contribution in [0, 0.1) is 5.92 Å². The van der Waals surface area contributed by atoms with E-state index in [4.69, 9.17) is 14.0 Å². The standard InChI is InChI=1S/C23H33BF3NO4/c1-20(2,3)30-19(29)28-12-10-15(11-13-28)17-14-16(23(25,26)27)8-9-18(17)24-31-21(4,5)22(6,7)32-24/h8-10,17H,11-14H2,1-7H3. The fourth-order valence-corrected chi connectivity index (χ4v) is 3.99. The predicted molar refractivity (Wildman–Crippen MR) is 117 cm³/mol. The van der Waals surface area contributed by atoms with E-state index in [1.165, 1.54) is 6.08 Å². The van der Waals surface area contributed by atoms with Crippen LogP contribution in [-0.4, -0.2) is 54.2 Å². The highest BCUT2D eigenvalue weighted by Crippen LogP contribution is 2.46. The van der Waals surface area contributed by atoms with Gasteiger partial charge < -0.3 is 18.9 Å². The minimum atomic E-state index is -4.39. The summed E-state index contributed by atoms with van der Waals surface area (Å²) in [6.45, 7) is 13.7. The van der Waals surface area contributed by atoms with Crippen molar-refractivity contribution in [3.8, 4) is 0 Å². The van der Waals surface area contributed by atoms with Crippen molar-refractivity contribution in [3.63, 3.8) is 0 Å². The van der Waals surface area contributed by atoms with Crippen molar-refractivity contribution in [1.82, 2.24) is 4.90 Å². The molecular formula is C23H33BF3NO4. The average molecular weight is 455 g/mol. The third-order valence-electron chi connectivity index (χ3n) is 6.54. The van der Waals surface area contributed by atoms with Crippen LogP contribution in [0.4, 0.5) is 18.0 Å². The summed E-state index contributed by atoms with van der Waals surface area (Å²) in [6.07, 6.45) is -0.0457. The van der Waals surface area contributed by atoms with E-state index in [1.54, 1.807) is 25.7 Å². The first kappa shape index (κ1) is 24.9. The Morgan fingerprint density at radius 3 is 2.19 bits per heavy atom. The number of hydrogen-bond donors (Lipinski definition) is 0. The van der Waals surface area contributed by atoms with Crippen molar-refractivity contribution < 1.29 is 32.0 Å². The van der Waals surface area contributed by atoms with Crippen molar-refractivity contribution in [2.75, 3.05) is 13.1 Å². The molecule has 0 bridgehead atoms. The zero-order valence-electron chi connectivity index (χ0n) is 19.9. The molecule has 9 heteroatoms. The van der Waals surface area contributed by atoms with E-state index in [9.17, 15) is 18.0 Å². The van der Waals surface area contributed by atoms with Crippen molar-refractivity contribution in [1.29, 1.82) is 0 Å². The van der Waals surface area contributed by atoms with Gasteiger partial charge in [-0.05, 0) is 66.8 Å². The average Bonchev–Trinajstić information content (AvgIpc) is 2.86. The molecule has 32 heavy (non-hydrogen) atoms. The van der Waals surface area contributed by atoms with Crippen molar-refractivity contribution >= 4 is 13.2 Å². The number of nitrogens with zero attached hydrogens (tertiary/aromatic N) is 1. The maximum atomic E-state index is 13.5. The molecule has 1 saturated heterocycles. The van der Waals surface area contributed by atoms with Gasteiger partial charge in [-0.3, -0.25) is 0 Å². The zero-order chi connectivity index (χ0) is 24.1. The second kappa shape index (κ2) is 8.24. The van der Waals surface area contributed by atoms with E-state index in [0.717, 1.165) is 11.6 Å². The summed E-state index contributed by atoms with van der Waals surface area (Å²) in [6, 6.07) is 0. The summed E-state index contributed by atoms with van der Waals surface area (Å²) in [4.78, 5) is 13.9. The summed E-state index contributed by atoms with van der Waals surface area (Å²) in [7, 11) is -0.721. The van der Waals surface area contributed by atoms with Gasteiger partial charge in [-0.15, -0.1) is 0 Å². The summed E-state index contributed by atoms with van der Waals surface area (Å²) in [5, 5.41) is 0. The van der Waals surface area contributed by atoms with E-state index < -0.39 is 47.7 Å². The molecule has 3 aliphatic rings. The molecule has 178 valence electrons. The summed E-state index contributed by atoms with van der Waals surface area (Å²) in [5.41, 5.74) is -0.812. The quantitative estimate of drug-likeness (QED) is 0.401. The van der Waals surface area contributed by atoms with Crippen LogP contribution in [0.5, 0.6) is 0 Å². The van der Waals surface area contributed by atoms with Crippen molar-refractivity contribution in [2.45, 2.75) is 84.3 Å². The molecule has 1 aliphatic carbocycles. The van der Waals surface area contributed by atoms with Gasteiger partial charge >= 0.3 is 19.4 Å². The molecule has 0 aromatic carbocycles. The fourth-order valence-electron chi connectivity index (χ4n) is 3.99. The number of amides is 1. The Bertz CT molecular complexity index is 836. The van der Waals surface area contributed by atoms with Crippen LogP contribution in [0.3, 0.4) is 0 Å². The molecule has 1 unspecified atom stereocenters. The minimum Gasteiger partial charge on any atom is -0.444 e. The van der Waals surface area contributed by atoms with Crippen LogP contribution < -0.4 is 0 Å². The van der Waals surface area contributed by atoms with Gasteiger partial charge in [0, 0.05) is 24.6 Å². The van der Waals surface area contributed by atoms with E-state index in [1.807, 2.05) is 33.8 Å². The highest BCUT2D eigenvalue weighted by molar-refractivity contribution is 6.55. The maximum Gasteiger partial charge on any atom is 0.491 e. The van der Waals surface area contributed by atoms with Gasteiger partial charge in [-0.25, -0.2) is 4.79 Å². The molecular weight excluding hydrogens is 422 g/mol. The number of alkyl halides is 3. The smallest absolute Gasteiger partial charge is 0.444 e. The Morgan fingerprint density at radius 2 is 1.72 bits per heavy atom. The molecule has 3 rings (SSSR count). The molecule has 0 N–H and O–H groups in total. The molecule has 1 amide bonds. The van der Waals surface area contributed by atoms with Gasteiger partial charge in [0.15, 0.2) is 0 Å². The first-order valence-corrected chi connectivity index (χ1v) is 11.0. The van der Waals surface area contributed by atoms with Crippen LogP contribution in [0.15, 0.2) is 34.8 Å². The van der Waals surface area contributed by atoms with Crippen LogP contribution in [0.25, 0.3) is 0 Å². The molecule has 0 saturated carbocycles. The topological polar surface area (TPSA) is 48.0 Å². The molecule has 5 nitrogen and oxygen atoms in total. The SMILES string of the molecule is CC(C)(C)OC(=O)N1CC=C(C2CC(C(F)(F)F)=CC=C2B2OC(C)(C)C(C)(C)O2)CC1. The number of rotatable bonds is 2. The van der Waals surface area contributed by atoms with Crippen molar-refractivity contribution in [3.05, 3.63) is 34.8 Å². The molecule has 2 aliphatic heterocycles. The Labute approximate surface area is 188 Å². The Balaban J connectivity index is 1.84. The first-order valence-electron chi connectivity index (χ1n) is 11.0. The number of allylic oxidation sites excluding steroid dienone is 4. The molecule has 0 radical (unpaired) electrons. The summed E-state index contributed by atoms with van der Waals surface area (Å²) < 4.78 is 58.2. The molecule has 0 spiro atoms. The monoisotopic (exact) mass is 455 g/mol. The molecule has 2 heterocycles. The number of carbonyl (C=O) groups is 1. The minimum absolute atomic E-state index is 0.169. The third kappa shape index (κ3) is 5.25. The van der Waals surface area contributed by atoms with Crippen LogP contribution in [0.2, 0.25) is 0 Å². The normalized spacial score (nSPS) is 25.8. The number of ether oxygens (including phenoxy) is 1. The highest BCUT2D eigenvalue weighted by atomic mass is 19.4. The van der Waals surface area contributed by atoms with Gasteiger partial charge in [0.1, 0.15) is 5.60 Å². The Hall–Kier alpha value is -1.74. The van der Waals surface area contributed by atoms with Gasteiger partial charge in [0.25, 0.3) is 0 Å². The first-order chi connectivity index (χ1) is 14.5. The lowest BCUT2D eigenvalue weighted by Gasteiger charge is -2.34. The van der Waals surface area contributed by atoms with Crippen LogP contribution >= 0.6 is 0 Å². The third-order valence-corrected chi connectivity index (χ3v) is 6.54. The van der Waals surface area contributed by atoms with Gasteiger partial charge in [0.2, 0.25) is 0 Å².